The molecule has 1 atom stereocenters. The first-order chi connectivity index (χ1) is 13.5. The maximum atomic E-state index is 13.5. The highest BCUT2D eigenvalue weighted by Crippen LogP contribution is 2.46. The van der Waals surface area contributed by atoms with Crippen LogP contribution in [-0.2, 0) is 11.4 Å². The second kappa shape index (κ2) is 7.47. The van der Waals surface area contributed by atoms with E-state index in [4.69, 9.17) is 15.2 Å². The molecule has 1 aliphatic heterocycles. The largest absolute Gasteiger partial charge is 0.493 e. The number of fused-ring (bicyclic) bond motifs is 1. The van der Waals surface area contributed by atoms with Crippen molar-refractivity contribution >= 4 is 28.2 Å². The normalized spacial score (nSPS) is 15.6. The quantitative estimate of drug-likeness (QED) is 0.679. The number of carbonyl (C=O) groups is 1. The van der Waals surface area contributed by atoms with Crippen LogP contribution in [0.2, 0.25) is 0 Å². The van der Waals surface area contributed by atoms with Gasteiger partial charge in [-0.25, -0.2) is 9.37 Å². The molecular weight excluding hydrogens is 381 g/mol. The number of carbonyl (C=O) groups excluding carboxylic acids is 1. The van der Waals surface area contributed by atoms with Crippen molar-refractivity contribution in [2.24, 2.45) is 0 Å². The van der Waals surface area contributed by atoms with Gasteiger partial charge in [-0.1, -0.05) is 35.6 Å². The summed E-state index contributed by atoms with van der Waals surface area (Å²) in [6, 6.07) is 11.8. The van der Waals surface area contributed by atoms with Crippen molar-refractivity contribution in [1.82, 2.24) is 4.98 Å². The predicted molar refractivity (Wildman–Crippen MR) is 105 cm³/mol. The number of ether oxygens (including phenoxy) is 2. The topological polar surface area (TPSA) is 86.5 Å². The summed E-state index contributed by atoms with van der Waals surface area (Å²) in [5.41, 5.74) is 7.35. The van der Waals surface area contributed by atoms with Gasteiger partial charge in [-0.05, 0) is 23.8 Å². The van der Waals surface area contributed by atoms with E-state index in [1.54, 1.807) is 25.3 Å². The van der Waals surface area contributed by atoms with Gasteiger partial charge in [0.1, 0.15) is 18.2 Å². The first kappa shape index (κ1) is 18.2. The molecule has 1 unspecified atom stereocenters. The Kier molecular flexibility index (Phi) is 4.87. The second-order valence-electron chi connectivity index (χ2n) is 6.37. The number of para-hydroxylation sites is 1. The van der Waals surface area contributed by atoms with E-state index in [2.05, 4.69) is 10.3 Å². The van der Waals surface area contributed by atoms with Crippen molar-refractivity contribution in [2.45, 2.75) is 18.9 Å². The summed E-state index contributed by atoms with van der Waals surface area (Å²) >= 11 is 1.34. The average Bonchev–Trinajstić information content (AvgIpc) is 3.05. The highest BCUT2D eigenvalue weighted by Gasteiger charge is 2.32. The number of rotatable bonds is 5. The first-order valence-electron chi connectivity index (χ1n) is 8.65. The summed E-state index contributed by atoms with van der Waals surface area (Å²) in [6.07, 6.45) is 0.248. The van der Waals surface area contributed by atoms with E-state index in [0.717, 1.165) is 10.4 Å². The standard InChI is InChI=1S/C20H18FN3O3S/c1-26-15-7-3-6-13(17(15)27-10-11-4-2-5-12(21)8-11)14-9-16(25)23-19-18(14)28-20(22)24-19/h2-8,14H,9-10H2,1H3,(H2,22,24)(H,23,25). The van der Waals surface area contributed by atoms with E-state index in [9.17, 15) is 9.18 Å². The molecule has 1 amide bonds. The van der Waals surface area contributed by atoms with E-state index < -0.39 is 0 Å². The lowest BCUT2D eigenvalue weighted by atomic mass is 9.90. The van der Waals surface area contributed by atoms with E-state index in [1.165, 1.54) is 23.5 Å². The summed E-state index contributed by atoms with van der Waals surface area (Å²) in [4.78, 5) is 17.3. The lowest BCUT2D eigenvalue weighted by molar-refractivity contribution is -0.116. The summed E-state index contributed by atoms with van der Waals surface area (Å²) in [5.74, 6) is 0.835. The second-order valence-corrected chi connectivity index (χ2v) is 7.43. The molecule has 6 nitrogen and oxygen atoms in total. The first-order valence-corrected chi connectivity index (χ1v) is 9.47. The molecule has 2 heterocycles. The third-order valence-electron chi connectivity index (χ3n) is 4.51. The summed E-state index contributed by atoms with van der Waals surface area (Å²) in [5, 5.41) is 3.15. The fourth-order valence-electron chi connectivity index (χ4n) is 3.29. The molecule has 4 rings (SSSR count). The zero-order valence-electron chi connectivity index (χ0n) is 15.1. The predicted octanol–water partition coefficient (Wildman–Crippen LogP) is 3.93. The van der Waals surface area contributed by atoms with Crippen molar-refractivity contribution in [3.05, 3.63) is 64.3 Å². The van der Waals surface area contributed by atoms with Gasteiger partial charge in [-0.3, -0.25) is 4.79 Å². The molecule has 0 fully saturated rings. The van der Waals surface area contributed by atoms with Crippen LogP contribution >= 0.6 is 11.3 Å². The van der Waals surface area contributed by atoms with Gasteiger partial charge in [0.25, 0.3) is 0 Å². The maximum absolute atomic E-state index is 13.5. The Balaban J connectivity index is 1.72. The number of nitrogens with zero attached hydrogens (tertiary/aromatic N) is 1. The summed E-state index contributed by atoms with van der Waals surface area (Å²) in [7, 11) is 1.55. The Hall–Kier alpha value is -3.13. The number of thiazole rings is 1. The van der Waals surface area contributed by atoms with E-state index in [1.807, 2.05) is 12.1 Å². The Bertz CT molecular complexity index is 1040. The number of nitrogen functional groups attached to an aromatic ring is 1. The van der Waals surface area contributed by atoms with Crippen LogP contribution in [0.5, 0.6) is 11.5 Å². The van der Waals surface area contributed by atoms with Crippen LogP contribution in [0.4, 0.5) is 15.3 Å². The van der Waals surface area contributed by atoms with Crippen LogP contribution in [0.25, 0.3) is 0 Å². The Morgan fingerprint density at radius 3 is 2.93 bits per heavy atom. The van der Waals surface area contributed by atoms with Gasteiger partial charge in [-0.2, -0.15) is 0 Å². The Labute approximate surface area is 165 Å². The monoisotopic (exact) mass is 399 g/mol. The van der Waals surface area contributed by atoms with Crippen LogP contribution in [-0.4, -0.2) is 18.0 Å². The van der Waals surface area contributed by atoms with Gasteiger partial charge >= 0.3 is 0 Å². The van der Waals surface area contributed by atoms with Gasteiger partial charge < -0.3 is 20.5 Å². The number of aromatic nitrogens is 1. The Morgan fingerprint density at radius 1 is 1.32 bits per heavy atom. The number of benzene rings is 2. The number of amides is 1. The molecule has 1 aliphatic rings. The number of halogens is 1. The SMILES string of the molecule is COc1cccc(C2CC(=O)Nc3nc(N)sc32)c1OCc1cccc(F)c1. The molecule has 28 heavy (non-hydrogen) atoms. The average molecular weight is 399 g/mol. The molecule has 2 aromatic carbocycles. The number of methoxy groups -OCH3 is 1. The van der Waals surface area contributed by atoms with Crippen molar-refractivity contribution in [3.63, 3.8) is 0 Å². The molecule has 0 radical (unpaired) electrons. The van der Waals surface area contributed by atoms with Crippen LogP contribution in [0, 0.1) is 5.82 Å². The lowest BCUT2D eigenvalue weighted by Gasteiger charge is -2.24. The number of hydrogen-bond acceptors (Lipinski definition) is 6. The molecule has 8 heteroatoms. The van der Waals surface area contributed by atoms with Gasteiger partial charge in [0.2, 0.25) is 5.91 Å². The smallest absolute Gasteiger partial charge is 0.226 e. The highest BCUT2D eigenvalue weighted by atomic mass is 32.1. The number of hydrogen-bond donors (Lipinski definition) is 2. The van der Waals surface area contributed by atoms with Crippen molar-refractivity contribution in [3.8, 4) is 11.5 Å². The fourth-order valence-corrected chi connectivity index (χ4v) is 4.20. The van der Waals surface area contributed by atoms with Crippen molar-refractivity contribution in [2.75, 3.05) is 18.2 Å². The molecule has 144 valence electrons. The third kappa shape index (κ3) is 3.50. The minimum absolute atomic E-state index is 0.137. The zero-order chi connectivity index (χ0) is 19.7. The molecule has 0 saturated carbocycles. The van der Waals surface area contributed by atoms with Gasteiger partial charge in [0.15, 0.2) is 16.6 Å². The minimum atomic E-state index is -0.324. The molecule has 3 aromatic rings. The van der Waals surface area contributed by atoms with E-state index in [0.29, 0.717) is 28.0 Å². The molecule has 1 aromatic heterocycles. The summed E-state index contributed by atoms with van der Waals surface area (Å²) in [6.45, 7) is 0.168. The molecular formula is C20H18FN3O3S. The fraction of sp³-hybridized carbons (Fsp3) is 0.200. The number of nitrogens with two attached hydrogens (primary N) is 1. The van der Waals surface area contributed by atoms with Gasteiger partial charge in [0.05, 0.1) is 12.0 Å². The van der Waals surface area contributed by atoms with Crippen LogP contribution < -0.4 is 20.5 Å². The molecule has 3 N–H and O–H groups in total. The highest BCUT2D eigenvalue weighted by molar-refractivity contribution is 7.16. The molecule has 0 bridgehead atoms. The van der Waals surface area contributed by atoms with Gasteiger partial charge in [-0.15, -0.1) is 0 Å². The van der Waals surface area contributed by atoms with Crippen LogP contribution in [0.1, 0.15) is 28.3 Å². The Morgan fingerprint density at radius 2 is 2.14 bits per heavy atom. The van der Waals surface area contributed by atoms with E-state index in [-0.39, 0.29) is 30.7 Å². The molecule has 0 saturated heterocycles. The lowest BCUT2D eigenvalue weighted by Crippen LogP contribution is -2.23. The zero-order valence-corrected chi connectivity index (χ0v) is 15.9. The maximum Gasteiger partial charge on any atom is 0.226 e. The van der Waals surface area contributed by atoms with Gasteiger partial charge in [0, 0.05) is 17.9 Å². The molecule has 0 aliphatic carbocycles. The third-order valence-corrected chi connectivity index (χ3v) is 5.51. The summed E-state index contributed by atoms with van der Waals surface area (Å²) < 4.78 is 25.0. The van der Waals surface area contributed by atoms with Crippen molar-refractivity contribution in [1.29, 1.82) is 0 Å². The van der Waals surface area contributed by atoms with Crippen LogP contribution in [0.15, 0.2) is 42.5 Å². The van der Waals surface area contributed by atoms with Crippen molar-refractivity contribution < 1.29 is 18.7 Å². The van der Waals surface area contributed by atoms with E-state index >= 15 is 0 Å². The molecule has 0 spiro atoms. The number of anilines is 2. The minimum Gasteiger partial charge on any atom is -0.493 e. The number of nitrogens with one attached hydrogen (secondary N) is 1. The van der Waals surface area contributed by atoms with Crippen LogP contribution in [0.3, 0.4) is 0 Å².